The fourth-order valence-electron chi connectivity index (χ4n) is 1.83. The minimum absolute atomic E-state index is 0.0309. The lowest BCUT2D eigenvalue weighted by molar-refractivity contribution is -0.115. The van der Waals surface area contributed by atoms with E-state index in [9.17, 15) is 4.79 Å². The normalized spacial score (nSPS) is 12.3. The predicted molar refractivity (Wildman–Crippen MR) is 78.1 cm³/mol. The molecule has 2 aromatic rings. The number of nitrogens with one attached hydrogen (secondary N) is 2. The van der Waals surface area contributed by atoms with Crippen LogP contribution in [0.5, 0.6) is 0 Å². The van der Waals surface area contributed by atoms with Crippen molar-refractivity contribution in [3.05, 3.63) is 36.7 Å². The van der Waals surface area contributed by atoms with Crippen LogP contribution in [-0.4, -0.2) is 23.5 Å². The number of carbonyl (C=O) groups is 1. The van der Waals surface area contributed by atoms with Gasteiger partial charge in [-0.2, -0.15) is 0 Å². The highest BCUT2D eigenvalue weighted by molar-refractivity contribution is 6.02. The number of fused-ring (bicyclic) bond motifs is 1. The van der Waals surface area contributed by atoms with Crippen molar-refractivity contribution in [1.82, 2.24) is 10.3 Å². The Morgan fingerprint density at radius 3 is 3.00 bits per heavy atom. The molecule has 0 radical (unpaired) electrons. The van der Waals surface area contributed by atoms with Crippen molar-refractivity contribution < 1.29 is 4.79 Å². The number of benzene rings is 1. The van der Waals surface area contributed by atoms with Gasteiger partial charge in [0.25, 0.3) is 0 Å². The topological polar surface area (TPSA) is 54.0 Å². The van der Waals surface area contributed by atoms with Gasteiger partial charge in [-0.15, -0.1) is 0 Å². The van der Waals surface area contributed by atoms with Crippen LogP contribution < -0.4 is 10.6 Å². The summed E-state index contributed by atoms with van der Waals surface area (Å²) in [5, 5.41) is 8.13. The van der Waals surface area contributed by atoms with Gasteiger partial charge in [-0.1, -0.05) is 19.1 Å². The number of pyridine rings is 1. The molecule has 1 amide bonds. The number of rotatable bonds is 5. The average molecular weight is 257 g/mol. The third kappa shape index (κ3) is 3.51. The fraction of sp³-hybridized carbons (Fsp3) is 0.333. The molecule has 4 nitrogen and oxygen atoms in total. The fourth-order valence-corrected chi connectivity index (χ4v) is 1.83. The van der Waals surface area contributed by atoms with Gasteiger partial charge < -0.3 is 10.6 Å². The minimum atomic E-state index is -0.0309. The number of aromatic nitrogens is 1. The summed E-state index contributed by atoms with van der Waals surface area (Å²) in [5.41, 5.74) is 0.807. The Bertz CT molecular complexity index is 563. The quantitative estimate of drug-likeness (QED) is 0.865. The molecule has 19 heavy (non-hydrogen) atoms. The van der Waals surface area contributed by atoms with E-state index in [0.717, 1.165) is 22.9 Å². The average Bonchev–Trinajstić information content (AvgIpc) is 2.45. The van der Waals surface area contributed by atoms with Crippen LogP contribution in [0.1, 0.15) is 20.3 Å². The second-order valence-corrected chi connectivity index (χ2v) is 4.64. The summed E-state index contributed by atoms with van der Waals surface area (Å²) in [6.07, 6.45) is 4.52. The van der Waals surface area contributed by atoms with Crippen molar-refractivity contribution in [2.45, 2.75) is 26.3 Å². The number of nitrogens with zero attached hydrogens (tertiary/aromatic N) is 1. The molecule has 1 atom stereocenters. The summed E-state index contributed by atoms with van der Waals surface area (Å²) < 4.78 is 0. The van der Waals surface area contributed by atoms with Gasteiger partial charge in [0.05, 0.1) is 12.2 Å². The number of carbonyl (C=O) groups excluding carboxylic acids is 1. The van der Waals surface area contributed by atoms with E-state index < -0.39 is 0 Å². The molecule has 0 aliphatic heterocycles. The Kier molecular flexibility index (Phi) is 4.47. The van der Waals surface area contributed by atoms with Crippen molar-refractivity contribution in [2.24, 2.45) is 0 Å². The summed E-state index contributed by atoms with van der Waals surface area (Å²) >= 11 is 0. The molecule has 4 heteroatoms. The van der Waals surface area contributed by atoms with Gasteiger partial charge in [0, 0.05) is 23.8 Å². The van der Waals surface area contributed by atoms with Crippen LogP contribution in [-0.2, 0) is 4.79 Å². The van der Waals surface area contributed by atoms with E-state index in [1.54, 1.807) is 12.4 Å². The maximum absolute atomic E-state index is 11.9. The Morgan fingerprint density at radius 1 is 1.37 bits per heavy atom. The monoisotopic (exact) mass is 257 g/mol. The maximum Gasteiger partial charge on any atom is 0.238 e. The Hall–Kier alpha value is -1.94. The van der Waals surface area contributed by atoms with Crippen molar-refractivity contribution in [3.63, 3.8) is 0 Å². The second kappa shape index (κ2) is 6.29. The van der Waals surface area contributed by atoms with Gasteiger partial charge >= 0.3 is 0 Å². The summed E-state index contributed by atoms with van der Waals surface area (Å²) in [6.45, 7) is 4.48. The summed E-state index contributed by atoms with van der Waals surface area (Å²) in [7, 11) is 0. The van der Waals surface area contributed by atoms with Gasteiger partial charge in [0.2, 0.25) is 5.91 Å². The molecule has 0 spiro atoms. The van der Waals surface area contributed by atoms with E-state index in [4.69, 9.17) is 0 Å². The number of anilines is 1. The van der Waals surface area contributed by atoms with E-state index in [1.165, 1.54) is 0 Å². The number of amides is 1. The van der Waals surface area contributed by atoms with Crippen molar-refractivity contribution in [2.75, 3.05) is 11.9 Å². The van der Waals surface area contributed by atoms with E-state index in [-0.39, 0.29) is 5.91 Å². The van der Waals surface area contributed by atoms with Crippen LogP contribution >= 0.6 is 0 Å². The molecule has 100 valence electrons. The minimum Gasteiger partial charge on any atom is -0.324 e. The first kappa shape index (κ1) is 13.5. The highest BCUT2D eigenvalue weighted by atomic mass is 16.1. The van der Waals surface area contributed by atoms with Crippen LogP contribution in [0.15, 0.2) is 36.7 Å². The molecule has 1 heterocycles. The van der Waals surface area contributed by atoms with Crippen LogP contribution in [0.2, 0.25) is 0 Å². The second-order valence-electron chi connectivity index (χ2n) is 4.64. The lowest BCUT2D eigenvalue weighted by atomic mass is 10.1. The lowest BCUT2D eigenvalue weighted by Crippen LogP contribution is -2.33. The van der Waals surface area contributed by atoms with Crippen LogP contribution in [0, 0.1) is 0 Å². The van der Waals surface area contributed by atoms with Crippen LogP contribution in [0.3, 0.4) is 0 Å². The maximum atomic E-state index is 11.9. The van der Waals surface area contributed by atoms with Crippen LogP contribution in [0.25, 0.3) is 10.8 Å². The summed E-state index contributed by atoms with van der Waals surface area (Å²) in [4.78, 5) is 16.0. The zero-order valence-corrected chi connectivity index (χ0v) is 11.3. The molecule has 1 aromatic carbocycles. The van der Waals surface area contributed by atoms with Gasteiger partial charge in [0.15, 0.2) is 0 Å². The van der Waals surface area contributed by atoms with Gasteiger partial charge in [-0.3, -0.25) is 9.78 Å². The van der Waals surface area contributed by atoms with Gasteiger partial charge in [-0.25, -0.2) is 0 Å². The zero-order valence-electron chi connectivity index (χ0n) is 11.3. The Balaban J connectivity index is 2.07. The molecule has 0 saturated heterocycles. The predicted octanol–water partition coefficient (Wildman–Crippen LogP) is 2.56. The molecule has 0 saturated carbocycles. The highest BCUT2D eigenvalue weighted by Crippen LogP contribution is 2.21. The van der Waals surface area contributed by atoms with Crippen molar-refractivity contribution >= 4 is 22.4 Å². The molecule has 1 aromatic heterocycles. The lowest BCUT2D eigenvalue weighted by Gasteiger charge is -2.12. The first-order chi connectivity index (χ1) is 9.20. The zero-order chi connectivity index (χ0) is 13.7. The molecule has 1 unspecified atom stereocenters. The SMILES string of the molecule is CCC(C)NCC(=O)Nc1cccc2ccncc12. The standard InChI is InChI=1S/C15H19N3O/c1-3-11(2)17-10-15(19)18-14-6-4-5-12-7-8-16-9-13(12)14/h4-9,11,17H,3,10H2,1-2H3,(H,18,19). The number of hydrogen-bond donors (Lipinski definition) is 2. The molecular weight excluding hydrogens is 238 g/mol. The molecule has 0 fully saturated rings. The van der Waals surface area contributed by atoms with Gasteiger partial charge in [0.1, 0.15) is 0 Å². The summed E-state index contributed by atoms with van der Waals surface area (Å²) in [5.74, 6) is -0.0309. The first-order valence-corrected chi connectivity index (χ1v) is 6.56. The molecule has 2 rings (SSSR count). The molecule has 0 bridgehead atoms. The van der Waals surface area contributed by atoms with Crippen molar-refractivity contribution in [1.29, 1.82) is 0 Å². The third-order valence-corrected chi connectivity index (χ3v) is 3.18. The Morgan fingerprint density at radius 2 is 2.21 bits per heavy atom. The molecule has 0 aliphatic rings. The third-order valence-electron chi connectivity index (χ3n) is 3.18. The van der Waals surface area contributed by atoms with Gasteiger partial charge in [-0.05, 0) is 30.9 Å². The molecule has 2 N–H and O–H groups in total. The Labute approximate surface area is 113 Å². The van der Waals surface area contributed by atoms with E-state index in [0.29, 0.717) is 12.6 Å². The smallest absolute Gasteiger partial charge is 0.238 e. The van der Waals surface area contributed by atoms with Crippen LogP contribution in [0.4, 0.5) is 5.69 Å². The highest BCUT2D eigenvalue weighted by Gasteiger charge is 2.06. The van der Waals surface area contributed by atoms with E-state index in [2.05, 4.69) is 29.5 Å². The largest absolute Gasteiger partial charge is 0.324 e. The molecular formula is C15H19N3O. The van der Waals surface area contributed by atoms with E-state index >= 15 is 0 Å². The van der Waals surface area contributed by atoms with Crippen molar-refractivity contribution in [3.8, 4) is 0 Å². The molecule has 0 aliphatic carbocycles. The first-order valence-electron chi connectivity index (χ1n) is 6.56. The van der Waals surface area contributed by atoms with E-state index in [1.807, 2.05) is 24.3 Å². The number of hydrogen-bond acceptors (Lipinski definition) is 3. The summed E-state index contributed by atoms with van der Waals surface area (Å²) in [6, 6.07) is 8.11.